The first-order chi connectivity index (χ1) is 10.8. The van der Waals surface area contributed by atoms with E-state index < -0.39 is 0 Å². The van der Waals surface area contributed by atoms with Gasteiger partial charge in [-0.05, 0) is 47.7 Å². The second-order valence-corrected chi connectivity index (χ2v) is 5.29. The van der Waals surface area contributed by atoms with Gasteiger partial charge >= 0.3 is 0 Å². The summed E-state index contributed by atoms with van der Waals surface area (Å²) in [5.41, 5.74) is 2.93. The molecule has 0 radical (unpaired) electrons. The van der Waals surface area contributed by atoms with Gasteiger partial charge in [-0.25, -0.2) is 4.98 Å². The van der Waals surface area contributed by atoms with Crippen molar-refractivity contribution in [3.63, 3.8) is 0 Å². The van der Waals surface area contributed by atoms with Crippen molar-refractivity contribution in [3.05, 3.63) is 82.3 Å². The number of hydrogen-bond acceptors (Lipinski definition) is 3. The summed E-state index contributed by atoms with van der Waals surface area (Å²) in [4.78, 5) is 16.2. The topological polar surface area (TPSA) is 42.0 Å². The van der Waals surface area contributed by atoms with E-state index in [0.29, 0.717) is 5.56 Å². The zero-order valence-corrected chi connectivity index (χ0v) is 12.4. The molecule has 1 amide bonds. The minimum atomic E-state index is -0.115. The van der Waals surface area contributed by atoms with Crippen LogP contribution in [0.2, 0.25) is 0 Å². The molecule has 0 saturated carbocycles. The van der Waals surface area contributed by atoms with Gasteiger partial charge in [0.25, 0.3) is 5.91 Å². The van der Waals surface area contributed by atoms with Crippen molar-refractivity contribution >= 4 is 22.9 Å². The highest BCUT2D eigenvalue weighted by molar-refractivity contribution is 7.08. The largest absolute Gasteiger partial charge is 0.322 e. The molecular formula is C18H12N2OS. The molecule has 0 bridgehead atoms. The molecule has 0 saturated heterocycles. The monoisotopic (exact) mass is 304 g/mol. The fourth-order valence-electron chi connectivity index (χ4n) is 1.84. The molecule has 0 atom stereocenters. The van der Waals surface area contributed by atoms with Crippen LogP contribution in [0.15, 0.2) is 65.5 Å². The van der Waals surface area contributed by atoms with Crippen molar-refractivity contribution in [2.75, 3.05) is 5.32 Å². The lowest BCUT2D eigenvalue weighted by atomic mass is 10.2. The van der Waals surface area contributed by atoms with Crippen LogP contribution in [0.25, 0.3) is 0 Å². The van der Waals surface area contributed by atoms with Gasteiger partial charge in [0.2, 0.25) is 0 Å². The number of hydrogen-bond donors (Lipinski definition) is 1. The van der Waals surface area contributed by atoms with E-state index in [0.717, 1.165) is 16.9 Å². The highest BCUT2D eigenvalue weighted by Crippen LogP contribution is 2.13. The maximum Gasteiger partial charge on any atom is 0.256 e. The number of benzene rings is 1. The number of aromatic nitrogens is 1. The van der Waals surface area contributed by atoms with Crippen LogP contribution >= 0.6 is 11.3 Å². The number of pyridine rings is 1. The van der Waals surface area contributed by atoms with E-state index in [1.54, 1.807) is 12.3 Å². The number of nitrogens with one attached hydrogen (secondary N) is 1. The second-order valence-electron chi connectivity index (χ2n) is 4.51. The minimum Gasteiger partial charge on any atom is -0.322 e. The quantitative estimate of drug-likeness (QED) is 0.732. The molecule has 3 aromatic rings. The van der Waals surface area contributed by atoms with Crippen LogP contribution in [0.1, 0.15) is 21.6 Å². The predicted octanol–water partition coefficient (Wildman–Crippen LogP) is 3.80. The Bertz CT molecular complexity index is 830. The Balaban J connectivity index is 1.76. The third-order valence-corrected chi connectivity index (χ3v) is 3.59. The van der Waals surface area contributed by atoms with Crippen molar-refractivity contribution in [1.29, 1.82) is 0 Å². The summed E-state index contributed by atoms with van der Waals surface area (Å²) in [5.74, 6) is 5.93. The van der Waals surface area contributed by atoms with Crippen LogP contribution in [0.3, 0.4) is 0 Å². The summed E-state index contributed by atoms with van der Waals surface area (Å²) in [6.07, 6.45) is 1.71. The Hall–Kier alpha value is -2.90. The van der Waals surface area contributed by atoms with Gasteiger partial charge in [0, 0.05) is 22.8 Å². The minimum absolute atomic E-state index is 0.115. The summed E-state index contributed by atoms with van der Waals surface area (Å²) in [5, 5.41) is 6.57. The Kier molecular flexibility index (Phi) is 4.28. The fraction of sp³-hybridized carbons (Fsp3) is 0. The Labute approximate surface area is 132 Å². The van der Waals surface area contributed by atoms with Gasteiger partial charge in [-0.3, -0.25) is 4.79 Å². The molecule has 0 spiro atoms. The van der Waals surface area contributed by atoms with Gasteiger partial charge < -0.3 is 5.32 Å². The number of anilines is 1. The van der Waals surface area contributed by atoms with Crippen LogP contribution in [0, 0.1) is 11.8 Å². The lowest BCUT2D eigenvalue weighted by molar-refractivity contribution is 0.102. The summed E-state index contributed by atoms with van der Waals surface area (Å²) < 4.78 is 0. The molecule has 0 unspecified atom stereocenters. The van der Waals surface area contributed by atoms with E-state index in [9.17, 15) is 4.79 Å². The Morgan fingerprint density at radius 3 is 2.82 bits per heavy atom. The van der Waals surface area contributed by atoms with Crippen molar-refractivity contribution in [3.8, 4) is 11.8 Å². The maximum atomic E-state index is 12.0. The molecule has 0 aliphatic carbocycles. The first-order valence-electron chi connectivity index (χ1n) is 6.68. The van der Waals surface area contributed by atoms with E-state index in [1.165, 1.54) is 11.3 Å². The molecule has 106 valence electrons. The second kappa shape index (κ2) is 6.70. The first-order valence-corrected chi connectivity index (χ1v) is 7.62. The molecule has 1 N–H and O–H groups in total. The van der Waals surface area contributed by atoms with Gasteiger partial charge in [0.1, 0.15) is 5.69 Å². The van der Waals surface area contributed by atoms with Crippen molar-refractivity contribution in [2.24, 2.45) is 0 Å². The highest BCUT2D eigenvalue weighted by Gasteiger charge is 2.05. The Morgan fingerprint density at radius 2 is 2.05 bits per heavy atom. The molecule has 0 fully saturated rings. The maximum absolute atomic E-state index is 12.0. The molecule has 2 heterocycles. The number of amides is 1. The molecule has 3 nitrogen and oxygen atoms in total. The van der Waals surface area contributed by atoms with Crippen LogP contribution in [0.5, 0.6) is 0 Å². The van der Waals surface area contributed by atoms with Crippen LogP contribution < -0.4 is 5.32 Å². The van der Waals surface area contributed by atoms with E-state index in [-0.39, 0.29) is 5.91 Å². The standard InChI is InChI=1S/C18H12N2OS/c21-18(15-9-11-22-13-15)20-17-6-3-4-14(12-17)7-8-16-5-1-2-10-19-16/h1-6,9-13H,(H,20,21). The normalized spacial score (nSPS) is 9.64. The van der Waals surface area contributed by atoms with Gasteiger partial charge in [-0.15, -0.1) is 0 Å². The predicted molar refractivity (Wildman–Crippen MR) is 88.9 cm³/mol. The number of carbonyl (C=O) groups excluding carboxylic acids is 1. The summed E-state index contributed by atoms with van der Waals surface area (Å²) in [6, 6.07) is 14.9. The SMILES string of the molecule is O=C(Nc1cccc(C#Cc2ccccn2)c1)c1ccsc1. The molecule has 1 aromatic carbocycles. The highest BCUT2D eigenvalue weighted by atomic mass is 32.1. The molecular weight excluding hydrogens is 292 g/mol. The molecule has 0 aliphatic heterocycles. The van der Waals surface area contributed by atoms with Crippen molar-refractivity contribution < 1.29 is 4.79 Å². The molecule has 2 aromatic heterocycles. The summed E-state index contributed by atoms with van der Waals surface area (Å²) >= 11 is 1.50. The van der Waals surface area contributed by atoms with Gasteiger partial charge in [-0.2, -0.15) is 11.3 Å². The number of carbonyl (C=O) groups is 1. The molecule has 4 heteroatoms. The third kappa shape index (κ3) is 3.60. The zero-order valence-electron chi connectivity index (χ0n) is 11.6. The molecule has 0 aliphatic rings. The fourth-order valence-corrected chi connectivity index (χ4v) is 2.48. The average Bonchev–Trinajstić information content (AvgIpc) is 3.09. The zero-order chi connectivity index (χ0) is 15.2. The van der Waals surface area contributed by atoms with E-state index in [2.05, 4.69) is 22.1 Å². The van der Waals surface area contributed by atoms with Gasteiger partial charge in [0.15, 0.2) is 0 Å². The number of nitrogens with zero attached hydrogens (tertiary/aromatic N) is 1. The van der Waals surface area contributed by atoms with Crippen LogP contribution in [0.4, 0.5) is 5.69 Å². The van der Waals surface area contributed by atoms with Gasteiger partial charge in [0.05, 0.1) is 5.56 Å². The van der Waals surface area contributed by atoms with Gasteiger partial charge in [-0.1, -0.05) is 18.1 Å². The first kappa shape index (κ1) is 14.1. The summed E-state index contributed by atoms with van der Waals surface area (Å²) in [6.45, 7) is 0. The molecule has 3 rings (SSSR count). The van der Waals surface area contributed by atoms with E-state index in [1.807, 2.05) is 53.2 Å². The third-order valence-electron chi connectivity index (χ3n) is 2.90. The average molecular weight is 304 g/mol. The lowest BCUT2D eigenvalue weighted by Crippen LogP contribution is -2.10. The van der Waals surface area contributed by atoms with Crippen molar-refractivity contribution in [2.45, 2.75) is 0 Å². The van der Waals surface area contributed by atoms with Crippen LogP contribution in [-0.4, -0.2) is 10.9 Å². The molecule has 22 heavy (non-hydrogen) atoms. The number of thiophene rings is 1. The smallest absolute Gasteiger partial charge is 0.256 e. The van der Waals surface area contributed by atoms with Crippen molar-refractivity contribution in [1.82, 2.24) is 4.98 Å². The van der Waals surface area contributed by atoms with E-state index in [4.69, 9.17) is 0 Å². The van der Waals surface area contributed by atoms with Crippen LogP contribution in [-0.2, 0) is 0 Å². The summed E-state index contributed by atoms with van der Waals surface area (Å²) in [7, 11) is 0. The Morgan fingerprint density at radius 1 is 1.09 bits per heavy atom. The van der Waals surface area contributed by atoms with E-state index >= 15 is 0 Å². The lowest BCUT2D eigenvalue weighted by Gasteiger charge is -2.03. The number of rotatable bonds is 2.